The topological polar surface area (TPSA) is 71.0 Å². The lowest BCUT2D eigenvalue weighted by Crippen LogP contribution is -2.57. The van der Waals surface area contributed by atoms with E-state index in [1.807, 2.05) is 6.92 Å². The lowest BCUT2D eigenvalue weighted by Gasteiger charge is -2.39. The molecule has 1 N–H and O–H groups in total. The van der Waals surface area contributed by atoms with E-state index in [0.717, 1.165) is 32.0 Å². The fourth-order valence-electron chi connectivity index (χ4n) is 4.11. The zero-order valence-electron chi connectivity index (χ0n) is 18.1. The minimum atomic E-state index is -3.07. The molecule has 3 rings (SSSR count). The number of ether oxygens (including phenoxy) is 1. The van der Waals surface area contributed by atoms with Gasteiger partial charge in [-0.2, -0.15) is 0 Å². The second kappa shape index (κ2) is 9.04. The van der Waals surface area contributed by atoms with Gasteiger partial charge in [-0.05, 0) is 46.1 Å². The number of hydrogen-bond donors (Lipinski definition) is 1. The molecular weight excluding hydrogens is 386 g/mol. The largest absolute Gasteiger partial charge is 0.373 e. The first-order valence-electron chi connectivity index (χ1n) is 10.7. The maximum absolute atomic E-state index is 12.4. The van der Waals surface area contributed by atoms with Gasteiger partial charge in [-0.25, -0.2) is 8.42 Å². The zero-order chi connectivity index (χ0) is 21.1. The number of nitrogens with one attached hydrogen (secondary N) is 1. The third-order valence-corrected chi connectivity index (χ3v) is 8.54. The van der Waals surface area contributed by atoms with Crippen LogP contribution in [-0.2, 0) is 14.6 Å². The number of rotatable bonds is 4. The molecule has 2 aliphatic rings. The van der Waals surface area contributed by atoms with E-state index in [4.69, 9.17) is 9.73 Å². The minimum Gasteiger partial charge on any atom is -0.373 e. The van der Waals surface area contributed by atoms with Crippen LogP contribution in [0.3, 0.4) is 0 Å². The van der Waals surface area contributed by atoms with Crippen LogP contribution in [0.25, 0.3) is 0 Å². The number of benzene rings is 1. The second-order valence-corrected chi connectivity index (χ2v) is 11.5. The highest BCUT2D eigenvalue weighted by molar-refractivity contribution is 7.92. The van der Waals surface area contributed by atoms with Crippen LogP contribution in [0.2, 0.25) is 0 Å². The lowest BCUT2D eigenvalue weighted by atomic mass is 9.89. The van der Waals surface area contributed by atoms with Gasteiger partial charge in [0.2, 0.25) is 0 Å². The predicted octanol–water partition coefficient (Wildman–Crippen LogP) is 2.94. The van der Waals surface area contributed by atoms with Gasteiger partial charge in [0.05, 0.1) is 16.6 Å². The summed E-state index contributed by atoms with van der Waals surface area (Å²) in [6.07, 6.45) is 2.20. The van der Waals surface area contributed by atoms with Crippen LogP contribution < -0.4 is 5.32 Å². The van der Waals surface area contributed by atoms with Crippen LogP contribution in [-0.4, -0.2) is 62.6 Å². The van der Waals surface area contributed by atoms with Gasteiger partial charge in [-0.15, -0.1) is 0 Å². The molecule has 2 fully saturated rings. The van der Waals surface area contributed by atoms with E-state index < -0.39 is 14.6 Å². The average molecular weight is 422 g/mol. The summed E-state index contributed by atoms with van der Waals surface area (Å²) in [5.74, 6) is 1.30. The second-order valence-electron chi connectivity index (χ2n) is 8.80. The van der Waals surface area contributed by atoms with Gasteiger partial charge in [0.1, 0.15) is 0 Å². The van der Waals surface area contributed by atoms with Gasteiger partial charge in [-0.3, -0.25) is 4.99 Å². The van der Waals surface area contributed by atoms with E-state index in [0.29, 0.717) is 25.6 Å². The number of aryl methyl sites for hydroxylation is 1. The molecule has 162 valence electrons. The highest BCUT2D eigenvalue weighted by atomic mass is 32.2. The van der Waals surface area contributed by atoms with Crippen LogP contribution in [0.15, 0.2) is 29.3 Å². The molecule has 6 nitrogen and oxygen atoms in total. The van der Waals surface area contributed by atoms with E-state index in [1.54, 1.807) is 13.8 Å². The summed E-state index contributed by atoms with van der Waals surface area (Å²) in [4.78, 5) is 7.02. The number of sulfone groups is 1. The van der Waals surface area contributed by atoms with Crippen molar-refractivity contribution in [3.05, 3.63) is 35.4 Å². The molecule has 0 amide bonds. The smallest absolute Gasteiger partial charge is 0.194 e. The van der Waals surface area contributed by atoms with E-state index >= 15 is 0 Å². The summed E-state index contributed by atoms with van der Waals surface area (Å²) in [6, 6.07) is 8.58. The quantitative estimate of drug-likeness (QED) is 0.598. The SMILES string of the molecule is CCNC(=NCC1CCCOC1c1ccc(C)cc1)N1CCS(=O)(=O)C(C)(C)C1. The van der Waals surface area contributed by atoms with E-state index in [2.05, 4.69) is 41.4 Å². The Morgan fingerprint density at radius 2 is 2.03 bits per heavy atom. The Labute approximate surface area is 175 Å². The Bertz CT molecular complexity index is 818. The van der Waals surface area contributed by atoms with Crippen molar-refractivity contribution >= 4 is 15.8 Å². The highest BCUT2D eigenvalue weighted by Crippen LogP contribution is 2.34. The average Bonchev–Trinajstić information content (AvgIpc) is 2.68. The Morgan fingerprint density at radius 1 is 1.31 bits per heavy atom. The van der Waals surface area contributed by atoms with Gasteiger partial charge in [-0.1, -0.05) is 29.8 Å². The van der Waals surface area contributed by atoms with Crippen LogP contribution in [0.5, 0.6) is 0 Å². The monoisotopic (exact) mass is 421 g/mol. The van der Waals surface area contributed by atoms with Crippen LogP contribution in [0.1, 0.15) is 50.8 Å². The molecule has 2 atom stereocenters. The maximum Gasteiger partial charge on any atom is 0.194 e. The van der Waals surface area contributed by atoms with Gasteiger partial charge in [0.25, 0.3) is 0 Å². The molecule has 0 saturated carbocycles. The third-order valence-electron chi connectivity index (χ3n) is 6.00. The Balaban J connectivity index is 1.75. The minimum absolute atomic E-state index is 0.0640. The molecule has 0 aromatic heterocycles. The van der Waals surface area contributed by atoms with E-state index in [-0.39, 0.29) is 11.9 Å². The number of nitrogens with zero attached hydrogens (tertiary/aromatic N) is 2. The van der Waals surface area contributed by atoms with Crippen molar-refractivity contribution in [1.82, 2.24) is 10.2 Å². The molecule has 0 radical (unpaired) electrons. The predicted molar refractivity (Wildman–Crippen MR) is 118 cm³/mol. The first-order chi connectivity index (χ1) is 13.7. The van der Waals surface area contributed by atoms with Crippen LogP contribution in [0, 0.1) is 12.8 Å². The first-order valence-corrected chi connectivity index (χ1v) is 12.3. The molecule has 7 heteroatoms. The molecule has 1 aromatic rings. The van der Waals surface area contributed by atoms with Crippen molar-refractivity contribution in [3.63, 3.8) is 0 Å². The molecule has 2 saturated heterocycles. The summed E-state index contributed by atoms with van der Waals surface area (Å²) in [5.41, 5.74) is 2.46. The number of aliphatic imine (C=N–C) groups is 1. The number of guanidine groups is 1. The summed E-state index contributed by atoms with van der Waals surface area (Å²) in [6.45, 7) is 10.9. The van der Waals surface area contributed by atoms with E-state index in [9.17, 15) is 8.42 Å². The normalized spacial score (nSPS) is 26.9. The van der Waals surface area contributed by atoms with Crippen molar-refractivity contribution < 1.29 is 13.2 Å². The molecule has 2 unspecified atom stereocenters. The Kier molecular flexibility index (Phi) is 6.89. The summed E-state index contributed by atoms with van der Waals surface area (Å²) in [5, 5.41) is 3.36. The van der Waals surface area contributed by atoms with Crippen molar-refractivity contribution in [2.24, 2.45) is 10.9 Å². The number of hydrogen-bond acceptors (Lipinski definition) is 4. The van der Waals surface area contributed by atoms with E-state index in [1.165, 1.54) is 11.1 Å². The highest BCUT2D eigenvalue weighted by Gasteiger charge is 2.41. The fourth-order valence-corrected chi connectivity index (χ4v) is 5.47. The van der Waals surface area contributed by atoms with Crippen molar-refractivity contribution in [3.8, 4) is 0 Å². The maximum atomic E-state index is 12.4. The zero-order valence-corrected chi connectivity index (χ0v) is 19.0. The standard InChI is InChI=1S/C22H35N3O3S/c1-5-23-21(25-12-14-29(26,27)22(3,4)16-25)24-15-19-7-6-13-28-20(19)18-10-8-17(2)9-11-18/h8-11,19-20H,5-7,12-16H2,1-4H3,(H,23,24). The molecular formula is C22H35N3O3S. The molecule has 2 heterocycles. The third kappa shape index (κ3) is 5.12. The van der Waals surface area contributed by atoms with Crippen LogP contribution in [0.4, 0.5) is 0 Å². The first kappa shape index (κ1) is 22.1. The summed E-state index contributed by atoms with van der Waals surface area (Å²) >= 11 is 0. The van der Waals surface area contributed by atoms with Gasteiger partial charge < -0.3 is 15.0 Å². The van der Waals surface area contributed by atoms with Crippen LogP contribution >= 0.6 is 0 Å². The van der Waals surface area contributed by atoms with Gasteiger partial charge in [0, 0.05) is 38.7 Å². The van der Waals surface area contributed by atoms with Gasteiger partial charge in [0.15, 0.2) is 15.8 Å². The molecule has 0 aliphatic carbocycles. The lowest BCUT2D eigenvalue weighted by molar-refractivity contribution is -0.0250. The molecule has 0 spiro atoms. The molecule has 2 aliphatic heterocycles. The summed E-state index contributed by atoms with van der Waals surface area (Å²) < 4.78 is 30.1. The molecule has 1 aromatic carbocycles. The Morgan fingerprint density at radius 3 is 2.69 bits per heavy atom. The fraction of sp³-hybridized carbons (Fsp3) is 0.682. The van der Waals surface area contributed by atoms with Crippen molar-refractivity contribution in [2.75, 3.05) is 38.5 Å². The molecule has 0 bridgehead atoms. The Hall–Kier alpha value is -1.60. The molecule has 29 heavy (non-hydrogen) atoms. The van der Waals surface area contributed by atoms with Crippen molar-refractivity contribution in [2.45, 2.75) is 51.4 Å². The summed E-state index contributed by atoms with van der Waals surface area (Å²) in [7, 11) is -3.07. The van der Waals surface area contributed by atoms with Gasteiger partial charge >= 0.3 is 0 Å². The van der Waals surface area contributed by atoms with Crippen molar-refractivity contribution in [1.29, 1.82) is 0 Å².